The van der Waals surface area contributed by atoms with Gasteiger partial charge in [0.1, 0.15) is 5.75 Å². The van der Waals surface area contributed by atoms with Gasteiger partial charge in [-0.05, 0) is 29.5 Å². The molecule has 0 heterocycles. The molecule has 3 rings (SSSR count). The largest absolute Gasteiger partial charge is 0.507 e. The molecule has 2 nitrogen and oxygen atoms in total. The molecule has 0 saturated heterocycles. The van der Waals surface area contributed by atoms with Gasteiger partial charge in [0.2, 0.25) is 0 Å². The summed E-state index contributed by atoms with van der Waals surface area (Å²) in [6, 6.07) is 25.0. The van der Waals surface area contributed by atoms with Gasteiger partial charge in [-0.15, -0.1) is 0 Å². The van der Waals surface area contributed by atoms with E-state index in [1.165, 1.54) is 5.56 Å². The van der Waals surface area contributed by atoms with Crippen molar-refractivity contribution in [2.75, 3.05) is 0 Å². The number of rotatable bonds is 7. The zero-order chi connectivity index (χ0) is 20.9. The second-order valence-corrected chi connectivity index (χ2v) is 8.03. The molecule has 0 spiro atoms. The fraction of sp³-hybridized carbons (Fsp3) is 0.296. The van der Waals surface area contributed by atoms with Crippen LogP contribution < -0.4 is 0 Å². The van der Waals surface area contributed by atoms with Crippen LogP contribution in [0.25, 0.3) is 11.1 Å². The molecule has 0 atom stereocenters. The Labute approximate surface area is 175 Å². The summed E-state index contributed by atoms with van der Waals surface area (Å²) in [5.41, 5.74) is 4.64. The third-order valence-corrected chi connectivity index (χ3v) is 5.83. The minimum Gasteiger partial charge on any atom is -0.507 e. The SMILES string of the molecule is CCC(CC)N=Cc1c(-c2ccccc2)ccc(C(C)(C)c2ccccc2)c1O. The number of hydrogen-bond donors (Lipinski definition) is 1. The minimum absolute atomic E-state index is 0.267. The van der Waals surface area contributed by atoms with Crippen LogP contribution >= 0.6 is 0 Å². The van der Waals surface area contributed by atoms with Gasteiger partial charge in [-0.3, -0.25) is 4.99 Å². The van der Waals surface area contributed by atoms with Gasteiger partial charge in [0.05, 0.1) is 0 Å². The van der Waals surface area contributed by atoms with Crippen LogP contribution in [-0.2, 0) is 5.41 Å². The molecule has 0 aromatic heterocycles. The molecule has 1 N–H and O–H groups in total. The molecule has 3 aromatic rings. The summed E-state index contributed by atoms with van der Waals surface area (Å²) in [4.78, 5) is 4.79. The number of hydrogen-bond acceptors (Lipinski definition) is 2. The predicted octanol–water partition coefficient (Wildman–Crippen LogP) is 6.99. The normalized spacial score (nSPS) is 12.0. The number of benzene rings is 3. The van der Waals surface area contributed by atoms with Crippen molar-refractivity contribution in [1.29, 1.82) is 0 Å². The number of aromatic hydroxyl groups is 1. The lowest BCUT2D eigenvalue weighted by molar-refractivity contribution is 0.452. The molecule has 0 saturated carbocycles. The molecule has 0 aliphatic rings. The molecule has 0 unspecified atom stereocenters. The van der Waals surface area contributed by atoms with Gasteiger partial charge in [-0.25, -0.2) is 0 Å². The van der Waals surface area contributed by atoms with E-state index in [9.17, 15) is 5.11 Å². The first-order valence-corrected chi connectivity index (χ1v) is 10.5. The average molecular weight is 386 g/mol. The third kappa shape index (κ3) is 4.42. The second kappa shape index (κ2) is 9.09. The third-order valence-electron chi connectivity index (χ3n) is 5.83. The van der Waals surface area contributed by atoms with Gasteiger partial charge in [0.25, 0.3) is 0 Å². The van der Waals surface area contributed by atoms with Crippen LogP contribution in [0.1, 0.15) is 57.2 Å². The summed E-state index contributed by atoms with van der Waals surface area (Å²) >= 11 is 0. The minimum atomic E-state index is -0.321. The maximum Gasteiger partial charge on any atom is 0.129 e. The van der Waals surface area contributed by atoms with E-state index >= 15 is 0 Å². The number of phenols is 1. The van der Waals surface area contributed by atoms with Crippen molar-refractivity contribution in [1.82, 2.24) is 0 Å². The van der Waals surface area contributed by atoms with Crippen LogP contribution in [0.2, 0.25) is 0 Å². The van der Waals surface area contributed by atoms with E-state index in [1.54, 1.807) is 0 Å². The molecular weight excluding hydrogens is 354 g/mol. The van der Waals surface area contributed by atoms with E-state index in [0.29, 0.717) is 5.75 Å². The molecule has 2 heteroatoms. The molecule has 0 aliphatic carbocycles. The topological polar surface area (TPSA) is 32.6 Å². The second-order valence-electron chi connectivity index (χ2n) is 8.03. The van der Waals surface area contributed by atoms with E-state index in [-0.39, 0.29) is 11.5 Å². The Morgan fingerprint density at radius 2 is 1.45 bits per heavy atom. The van der Waals surface area contributed by atoms with Gasteiger partial charge in [-0.1, -0.05) is 100 Å². The zero-order valence-corrected chi connectivity index (χ0v) is 17.9. The molecule has 29 heavy (non-hydrogen) atoms. The van der Waals surface area contributed by atoms with Crippen LogP contribution in [0.15, 0.2) is 77.8 Å². The Hall–Kier alpha value is -2.87. The summed E-state index contributed by atoms with van der Waals surface area (Å²) in [5.74, 6) is 0.315. The summed E-state index contributed by atoms with van der Waals surface area (Å²) in [6.45, 7) is 8.61. The van der Waals surface area contributed by atoms with Gasteiger partial charge in [0, 0.05) is 28.8 Å². The standard InChI is InChI=1S/C27H31NO/c1-5-22(6-2)28-19-24-23(20-13-9-7-10-14-20)17-18-25(26(24)29)27(3,4)21-15-11-8-12-16-21/h7-19,22,29H,5-6H2,1-4H3. The molecule has 0 fully saturated rings. The highest BCUT2D eigenvalue weighted by Gasteiger charge is 2.28. The van der Waals surface area contributed by atoms with Crippen LogP contribution in [0.3, 0.4) is 0 Å². The number of aliphatic imine (C=N–C) groups is 1. The van der Waals surface area contributed by atoms with Crippen LogP contribution in [0.5, 0.6) is 5.75 Å². The van der Waals surface area contributed by atoms with Gasteiger partial charge < -0.3 is 5.11 Å². The molecule has 0 radical (unpaired) electrons. The first-order valence-electron chi connectivity index (χ1n) is 10.5. The highest BCUT2D eigenvalue weighted by atomic mass is 16.3. The van der Waals surface area contributed by atoms with E-state index < -0.39 is 0 Å². The summed E-state index contributed by atoms with van der Waals surface area (Å²) in [6.07, 6.45) is 3.85. The van der Waals surface area contributed by atoms with Crippen molar-refractivity contribution in [2.45, 2.75) is 52.0 Å². The average Bonchev–Trinajstić information content (AvgIpc) is 2.76. The Morgan fingerprint density at radius 1 is 0.862 bits per heavy atom. The number of phenolic OH excluding ortho intramolecular Hbond substituents is 1. The summed E-state index contributed by atoms with van der Waals surface area (Å²) in [5, 5.41) is 11.4. The lowest BCUT2D eigenvalue weighted by Crippen LogP contribution is -2.19. The number of nitrogens with zero attached hydrogens (tertiary/aromatic N) is 1. The van der Waals surface area contributed by atoms with Crippen LogP contribution in [-0.4, -0.2) is 17.4 Å². The van der Waals surface area contributed by atoms with Crippen molar-refractivity contribution in [3.63, 3.8) is 0 Å². The molecule has 3 aromatic carbocycles. The highest BCUT2D eigenvalue weighted by molar-refractivity contribution is 5.94. The quantitative estimate of drug-likeness (QED) is 0.437. The summed E-state index contributed by atoms with van der Waals surface area (Å²) in [7, 11) is 0. The smallest absolute Gasteiger partial charge is 0.129 e. The predicted molar refractivity (Wildman–Crippen MR) is 124 cm³/mol. The fourth-order valence-electron chi connectivity index (χ4n) is 3.80. The van der Waals surface area contributed by atoms with Crippen molar-refractivity contribution in [2.24, 2.45) is 4.99 Å². The maximum atomic E-state index is 11.4. The first kappa shape index (κ1) is 20.9. The first-order chi connectivity index (χ1) is 14.0. The zero-order valence-electron chi connectivity index (χ0n) is 17.9. The van der Waals surface area contributed by atoms with E-state index in [2.05, 4.69) is 64.1 Å². The van der Waals surface area contributed by atoms with Gasteiger partial charge >= 0.3 is 0 Å². The van der Waals surface area contributed by atoms with Crippen molar-refractivity contribution in [3.8, 4) is 16.9 Å². The van der Waals surface area contributed by atoms with Gasteiger partial charge in [-0.2, -0.15) is 0 Å². The van der Waals surface area contributed by atoms with E-state index in [4.69, 9.17) is 4.99 Å². The Morgan fingerprint density at radius 3 is 2.03 bits per heavy atom. The van der Waals surface area contributed by atoms with E-state index in [1.807, 2.05) is 42.6 Å². The molecule has 0 bridgehead atoms. The Balaban J connectivity index is 2.17. The van der Waals surface area contributed by atoms with Crippen molar-refractivity contribution >= 4 is 6.21 Å². The highest BCUT2D eigenvalue weighted by Crippen LogP contribution is 2.41. The maximum absolute atomic E-state index is 11.4. The van der Waals surface area contributed by atoms with Crippen LogP contribution in [0.4, 0.5) is 0 Å². The lowest BCUT2D eigenvalue weighted by Gasteiger charge is -2.28. The monoisotopic (exact) mass is 385 g/mol. The van der Waals surface area contributed by atoms with Crippen molar-refractivity contribution < 1.29 is 5.11 Å². The molecule has 150 valence electrons. The molecule has 0 aliphatic heterocycles. The molecular formula is C27H31NO. The Kier molecular flexibility index (Phi) is 6.53. The Bertz CT molecular complexity index is 955. The van der Waals surface area contributed by atoms with Gasteiger partial charge in [0.15, 0.2) is 0 Å². The summed E-state index contributed by atoms with van der Waals surface area (Å²) < 4.78 is 0. The van der Waals surface area contributed by atoms with E-state index in [0.717, 1.165) is 35.1 Å². The molecule has 0 amide bonds. The van der Waals surface area contributed by atoms with Crippen molar-refractivity contribution in [3.05, 3.63) is 89.5 Å². The fourth-order valence-corrected chi connectivity index (χ4v) is 3.80. The lowest BCUT2D eigenvalue weighted by atomic mass is 9.76. The van der Waals surface area contributed by atoms with Crippen LogP contribution in [0, 0.1) is 0 Å².